The summed E-state index contributed by atoms with van der Waals surface area (Å²) in [6.45, 7) is 7.08. The molecule has 0 aromatic carbocycles. The van der Waals surface area contributed by atoms with E-state index in [2.05, 4.69) is 45.3 Å². The smallest absolute Gasteiger partial charge is 0.0248 e. The lowest BCUT2D eigenvalue weighted by atomic mass is 9.74. The van der Waals surface area contributed by atoms with Gasteiger partial charge in [-0.25, -0.2) is 0 Å². The van der Waals surface area contributed by atoms with Gasteiger partial charge in [0.05, 0.1) is 0 Å². The van der Waals surface area contributed by atoms with Crippen LogP contribution in [0.1, 0.15) is 40.0 Å². The van der Waals surface area contributed by atoms with Crippen molar-refractivity contribution in [2.75, 3.05) is 14.1 Å². The Labute approximate surface area is 89.0 Å². The van der Waals surface area contributed by atoms with E-state index in [1.165, 1.54) is 19.3 Å². The summed E-state index contributed by atoms with van der Waals surface area (Å²) in [4.78, 5) is 0. The van der Waals surface area contributed by atoms with E-state index in [0.717, 1.165) is 17.8 Å². The maximum Gasteiger partial charge on any atom is 0.0248 e. The Kier molecular flexibility index (Phi) is 4.39. The highest BCUT2D eigenvalue weighted by molar-refractivity contribution is 4.84. The van der Waals surface area contributed by atoms with Gasteiger partial charge in [0.15, 0.2) is 0 Å². The van der Waals surface area contributed by atoms with Gasteiger partial charge in [-0.1, -0.05) is 27.2 Å². The van der Waals surface area contributed by atoms with E-state index in [1.807, 2.05) is 0 Å². The summed E-state index contributed by atoms with van der Waals surface area (Å²) in [5, 5.41) is 2.11. The summed E-state index contributed by atoms with van der Waals surface area (Å²) in [6.07, 6.45) is 4.14. The number of hydrogen-bond acceptors (Lipinski definition) is 2. The van der Waals surface area contributed by atoms with Crippen LogP contribution in [-0.2, 0) is 0 Å². The van der Waals surface area contributed by atoms with Gasteiger partial charge in [0, 0.05) is 20.1 Å². The Hall–Kier alpha value is -0.0800. The fourth-order valence-corrected chi connectivity index (χ4v) is 2.68. The Morgan fingerprint density at radius 2 is 1.86 bits per heavy atom. The van der Waals surface area contributed by atoms with Crippen LogP contribution < -0.4 is 5.43 Å². The van der Waals surface area contributed by atoms with Crippen LogP contribution >= 0.6 is 0 Å². The van der Waals surface area contributed by atoms with Crippen molar-refractivity contribution < 1.29 is 0 Å². The van der Waals surface area contributed by atoms with Gasteiger partial charge < -0.3 is 0 Å². The second-order valence-electron chi connectivity index (χ2n) is 5.46. The monoisotopic (exact) mass is 198 g/mol. The van der Waals surface area contributed by atoms with Crippen molar-refractivity contribution in [3.8, 4) is 0 Å². The highest BCUT2D eigenvalue weighted by Crippen LogP contribution is 2.33. The van der Waals surface area contributed by atoms with Gasteiger partial charge >= 0.3 is 0 Å². The number of nitrogens with zero attached hydrogens (tertiary/aromatic N) is 1. The average Bonchev–Trinajstić information content (AvgIpc) is 2.01. The first-order chi connectivity index (χ1) is 6.50. The Balaban J connectivity index is 2.54. The van der Waals surface area contributed by atoms with Crippen molar-refractivity contribution in [3.05, 3.63) is 0 Å². The van der Waals surface area contributed by atoms with Crippen molar-refractivity contribution in [3.63, 3.8) is 0 Å². The van der Waals surface area contributed by atoms with E-state index in [0.29, 0.717) is 6.04 Å². The van der Waals surface area contributed by atoms with Gasteiger partial charge in [-0.05, 0) is 30.6 Å². The van der Waals surface area contributed by atoms with E-state index < -0.39 is 0 Å². The maximum absolute atomic E-state index is 3.58. The molecule has 0 heterocycles. The van der Waals surface area contributed by atoms with Crippen molar-refractivity contribution >= 4 is 0 Å². The van der Waals surface area contributed by atoms with Gasteiger partial charge in [-0.3, -0.25) is 10.4 Å². The third-order valence-corrected chi connectivity index (χ3v) is 3.45. The molecule has 1 N–H and O–H groups in total. The zero-order valence-electron chi connectivity index (χ0n) is 10.4. The second kappa shape index (κ2) is 5.13. The molecule has 14 heavy (non-hydrogen) atoms. The summed E-state index contributed by atoms with van der Waals surface area (Å²) < 4.78 is 0. The lowest BCUT2D eigenvalue weighted by Crippen LogP contribution is -2.48. The lowest BCUT2D eigenvalue weighted by molar-refractivity contribution is 0.108. The van der Waals surface area contributed by atoms with Gasteiger partial charge in [0.2, 0.25) is 0 Å². The highest BCUT2D eigenvalue weighted by atomic mass is 15.5. The van der Waals surface area contributed by atoms with Crippen LogP contribution in [0, 0.1) is 17.8 Å². The van der Waals surface area contributed by atoms with Gasteiger partial charge in [0.1, 0.15) is 0 Å². The molecule has 0 radical (unpaired) electrons. The van der Waals surface area contributed by atoms with E-state index in [1.54, 1.807) is 0 Å². The second-order valence-corrected chi connectivity index (χ2v) is 5.46. The molecule has 0 bridgehead atoms. The van der Waals surface area contributed by atoms with Crippen LogP contribution in [0.25, 0.3) is 0 Å². The molecule has 2 nitrogen and oxygen atoms in total. The van der Waals surface area contributed by atoms with Crippen molar-refractivity contribution in [1.82, 2.24) is 10.4 Å². The fraction of sp³-hybridized carbons (Fsp3) is 1.00. The minimum atomic E-state index is 0.689. The summed E-state index contributed by atoms with van der Waals surface area (Å²) in [7, 11) is 4.19. The quantitative estimate of drug-likeness (QED) is 0.701. The molecule has 0 aromatic rings. The molecule has 3 unspecified atom stereocenters. The lowest BCUT2D eigenvalue weighted by Gasteiger charge is -2.39. The molecule has 1 fully saturated rings. The molecule has 0 saturated heterocycles. The molecular formula is C12H26N2. The first kappa shape index (κ1) is 12.0. The third kappa shape index (κ3) is 3.25. The summed E-state index contributed by atoms with van der Waals surface area (Å²) in [6, 6.07) is 0.689. The summed E-state index contributed by atoms with van der Waals surface area (Å²) in [5.74, 6) is 2.55. The van der Waals surface area contributed by atoms with Crippen LogP contribution in [0.5, 0.6) is 0 Å². The van der Waals surface area contributed by atoms with Crippen LogP contribution in [-0.4, -0.2) is 25.1 Å². The standard InChI is InChI=1S/C12H26N2/c1-9(2)11-7-6-10(3)8-12(11)13-14(4)5/h9-13H,6-8H2,1-5H3. The van der Waals surface area contributed by atoms with Crippen molar-refractivity contribution in [2.24, 2.45) is 17.8 Å². The van der Waals surface area contributed by atoms with E-state index in [4.69, 9.17) is 0 Å². The highest BCUT2D eigenvalue weighted by Gasteiger charge is 2.30. The molecule has 1 aliphatic carbocycles. The minimum absolute atomic E-state index is 0.689. The number of rotatable bonds is 3. The Bertz CT molecular complexity index is 164. The molecule has 84 valence electrons. The van der Waals surface area contributed by atoms with Crippen molar-refractivity contribution in [2.45, 2.75) is 46.1 Å². The largest absolute Gasteiger partial charge is 0.252 e. The average molecular weight is 198 g/mol. The predicted octanol–water partition coefficient (Wildman–Crippen LogP) is 2.51. The fourth-order valence-electron chi connectivity index (χ4n) is 2.68. The molecule has 2 heteroatoms. The van der Waals surface area contributed by atoms with Gasteiger partial charge in [0.25, 0.3) is 0 Å². The van der Waals surface area contributed by atoms with Gasteiger partial charge in [-0.2, -0.15) is 0 Å². The molecular weight excluding hydrogens is 172 g/mol. The van der Waals surface area contributed by atoms with Crippen LogP contribution in [0.4, 0.5) is 0 Å². The third-order valence-electron chi connectivity index (χ3n) is 3.45. The SMILES string of the molecule is CC1CCC(C(C)C)C(NN(C)C)C1. The van der Waals surface area contributed by atoms with E-state index in [9.17, 15) is 0 Å². The molecule has 3 atom stereocenters. The first-order valence-electron chi connectivity index (χ1n) is 5.94. The zero-order valence-corrected chi connectivity index (χ0v) is 10.4. The van der Waals surface area contributed by atoms with E-state index in [-0.39, 0.29) is 0 Å². The summed E-state index contributed by atoms with van der Waals surface area (Å²) in [5.41, 5.74) is 3.58. The molecule has 0 aliphatic heterocycles. The first-order valence-corrected chi connectivity index (χ1v) is 5.94. The Morgan fingerprint density at radius 3 is 2.36 bits per heavy atom. The molecule has 1 aliphatic rings. The van der Waals surface area contributed by atoms with Crippen LogP contribution in [0.3, 0.4) is 0 Å². The molecule has 1 rings (SSSR count). The summed E-state index contributed by atoms with van der Waals surface area (Å²) >= 11 is 0. The van der Waals surface area contributed by atoms with Crippen molar-refractivity contribution in [1.29, 1.82) is 0 Å². The van der Waals surface area contributed by atoms with E-state index >= 15 is 0 Å². The van der Waals surface area contributed by atoms with Crippen LogP contribution in [0.15, 0.2) is 0 Å². The molecule has 1 saturated carbocycles. The Morgan fingerprint density at radius 1 is 1.21 bits per heavy atom. The zero-order chi connectivity index (χ0) is 10.7. The molecule has 0 amide bonds. The molecule has 0 aromatic heterocycles. The number of nitrogens with one attached hydrogen (secondary N) is 1. The molecule has 0 spiro atoms. The van der Waals surface area contributed by atoms with Gasteiger partial charge in [-0.15, -0.1) is 0 Å². The van der Waals surface area contributed by atoms with Crippen LogP contribution in [0.2, 0.25) is 0 Å². The minimum Gasteiger partial charge on any atom is -0.252 e. The topological polar surface area (TPSA) is 15.3 Å². The normalized spacial score (nSPS) is 34.1. The maximum atomic E-state index is 3.58. The number of hydrazine groups is 1. The predicted molar refractivity (Wildman–Crippen MR) is 62.0 cm³/mol. The number of hydrogen-bond donors (Lipinski definition) is 1.